The molecule has 0 bridgehead atoms. The Bertz CT molecular complexity index is 594. The molecule has 4 heteroatoms. The van der Waals surface area contributed by atoms with Crippen molar-refractivity contribution >= 4 is 21.7 Å². The van der Waals surface area contributed by atoms with Crippen molar-refractivity contribution in [3.63, 3.8) is 0 Å². The Balaban J connectivity index is 2.15. The highest BCUT2D eigenvalue weighted by atomic mass is 79.9. The van der Waals surface area contributed by atoms with E-state index in [1.54, 1.807) is 43.5 Å². The number of benzene rings is 2. The van der Waals surface area contributed by atoms with Crippen molar-refractivity contribution in [1.29, 1.82) is 0 Å². The fourth-order valence-corrected chi connectivity index (χ4v) is 2.05. The Morgan fingerprint density at radius 1 is 1.21 bits per heavy atom. The van der Waals surface area contributed by atoms with Crippen LogP contribution in [0, 0.1) is 5.82 Å². The maximum Gasteiger partial charge on any atom is 0.167 e. The van der Waals surface area contributed by atoms with E-state index in [0.29, 0.717) is 21.3 Å². The summed E-state index contributed by atoms with van der Waals surface area (Å²) < 4.78 is 19.3. The number of halogens is 2. The highest BCUT2D eigenvalue weighted by Gasteiger charge is 2.11. The van der Waals surface area contributed by atoms with E-state index >= 15 is 0 Å². The lowest BCUT2D eigenvalue weighted by molar-refractivity contribution is 0.0992. The lowest BCUT2D eigenvalue weighted by Gasteiger charge is -2.05. The lowest BCUT2D eigenvalue weighted by atomic mass is 10.0. The van der Waals surface area contributed by atoms with Crippen LogP contribution in [0.15, 0.2) is 46.9 Å². The van der Waals surface area contributed by atoms with Crippen molar-refractivity contribution in [2.24, 2.45) is 0 Å². The first kappa shape index (κ1) is 13.7. The van der Waals surface area contributed by atoms with Crippen LogP contribution in [0.5, 0.6) is 5.75 Å². The van der Waals surface area contributed by atoms with Crippen molar-refractivity contribution < 1.29 is 13.9 Å². The van der Waals surface area contributed by atoms with Crippen LogP contribution in [0.25, 0.3) is 0 Å². The third-order valence-corrected chi connectivity index (χ3v) is 3.27. The second kappa shape index (κ2) is 5.97. The number of ketones is 1. The van der Waals surface area contributed by atoms with Gasteiger partial charge in [0.25, 0.3) is 0 Å². The Morgan fingerprint density at radius 2 is 1.89 bits per heavy atom. The molecule has 0 spiro atoms. The normalized spacial score (nSPS) is 10.3. The molecule has 98 valence electrons. The molecule has 2 rings (SSSR count). The summed E-state index contributed by atoms with van der Waals surface area (Å²) in [5, 5.41) is 0. The molecule has 0 N–H and O–H groups in total. The first-order valence-electron chi connectivity index (χ1n) is 5.71. The summed E-state index contributed by atoms with van der Waals surface area (Å²) in [7, 11) is 1.56. The predicted octanol–water partition coefficient (Wildman–Crippen LogP) is 4.02. The molecule has 2 aromatic carbocycles. The summed E-state index contributed by atoms with van der Waals surface area (Å²) in [6.45, 7) is 0. The quantitative estimate of drug-likeness (QED) is 0.795. The van der Waals surface area contributed by atoms with E-state index in [4.69, 9.17) is 4.74 Å². The van der Waals surface area contributed by atoms with Crippen molar-refractivity contribution in [2.75, 3.05) is 7.11 Å². The highest BCUT2D eigenvalue weighted by molar-refractivity contribution is 9.10. The highest BCUT2D eigenvalue weighted by Crippen LogP contribution is 2.18. The molecule has 2 aromatic rings. The molecule has 0 fully saturated rings. The van der Waals surface area contributed by atoms with E-state index in [-0.39, 0.29) is 18.0 Å². The van der Waals surface area contributed by atoms with Crippen LogP contribution >= 0.6 is 15.9 Å². The third kappa shape index (κ3) is 3.41. The maximum atomic E-state index is 13.6. The van der Waals surface area contributed by atoms with Gasteiger partial charge in [-0.2, -0.15) is 0 Å². The van der Waals surface area contributed by atoms with Crippen LogP contribution in [0.3, 0.4) is 0 Å². The molecule has 0 saturated carbocycles. The molecule has 0 unspecified atom stereocenters. The molecule has 0 aliphatic carbocycles. The van der Waals surface area contributed by atoms with Crippen LogP contribution < -0.4 is 4.74 Å². The molecule has 0 aliphatic heterocycles. The number of carbonyl (C=O) groups excluding carboxylic acids is 1. The smallest absolute Gasteiger partial charge is 0.167 e. The molecule has 0 aliphatic rings. The van der Waals surface area contributed by atoms with Crippen molar-refractivity contribution in [2.45, 2.75) is 6.42 Å². The number of hydrogen-bond donors (Lipinski definition) is 0. The van der Waals surface area contributed by atoms with Crippen molar-refractivity contribution in [3.05, 3.63) is 63.9 Å². The van der Waals surface area contributed by atoms with E-state index in [1.807, 2.05) is 0 Å². The molecule has 0 aromatic heterocycles. The average molecular weight is 323 g/mol. The Hall–Kier alpha value is -1.68. The van der Waals surface area contributed by atoms with Crippen LogP contribution in [0.2, 0.25) is 0 Å². The Kier molecular flexibility index (Phi) is 4.32. The van der Waals surface area contributed by atoms with Crippen LogP contribution in [0.4, 0.5) is 4.39 Å². The van der Waals surface area contributed by atoms with Gasteiger partial charge in [0.2, 0.25) is 0 Å². The van der Waals surface area contributed by atoms with E-state index in [2.05, 4.69) is 15.9 Å². The zero-order valence-corrected chi connectivity index (χ0v) is 11.9. The second-order valence-electron chi connectivity index (χ2n) is 4.06. The van der Waals surface area contributed by atoms with Crippen LogP contribution in [-0.2, 0) is 6.42 Å². The second-order valence-corrected chi connectivity index (χ2v) is 4.98. The number of carbonyl (C=O) groups is 1. The monoisotopic (exact) mass is 322 g/mol. The number of rotatable bonds is 4. The molecular formula is C15H12BrFO2. The van der Waals surface area contributed by atoms with Crippen LogP contribution in [0.1, 0.15) is 15.9 Å². The summed E-state index contributed by atoms with van der Waals surface area (Å²) in [5.74, 6) is 0.187. The van der Waals surface area contributed by atoms with Gasteiger partial charge in [0, 0.05) is 16.5 Å². The van der Waals surface area contributed by atoms with Gasteiger partial charge in [0.05, 0.1) is 7.11 Å². The molecular weight excluding hydrogens is 311 g/mol. The van der Waals surface area contributed by atoms with E-state index in [9.17, 15) is 9.18 Å². The zero-order valence-electron chi connectivity index (χ0n) is 10.3. The first-order valence-corrected chi connectivity index (χ1v) is 6.50. The number of methoxy groups -OCH3 is 1. The lowest BCUT2D eigenvalue weighted by Crippen LogP contribution is -2.05. The molecule has 0 atom stereocenters. The SMILES string of the molecule is COc1ccc(C(=O)Cc2ccc(Br)cc2F)cc1. The largest absolute Gasteiger partial charge is 0.497 e. The first-order chi connectivity index (χ1) is 9.10. The topological polar surface area (TPSA) is 26.3 Å². The number of ether oxygens (including phenoxy) is 1. The Labute approximate surface area is 119 Å². The fourth-order valence-electron chi connectivity index (χ4n) is 1.72. The van der Waals surface area contributed by atoms with Gasteiger partial charge < -0.3 is 4.74 Å². The van der Waals surface area contributed by atoms with Gasteiger partial charge in [0.15, 0.2) is 5.78 Å². The van der Waals surface area contributed by atoms with Gasteiger partial charge in [-0.05, 0) is 42.0 Å². The number of hydrogen-bond acceptors (Lipinski definition) is 2. The van der Waals surface area contributed by atoms with Gasteiger partial charge in [-0.25, -0.2) is 4.39 Å². The molecule has 0 amide bonds. The minimum Gasteiger partial charge on any atom is -0.497 e. The van der Waals surface area contributed by atoms with Crippen LogP contribution in [-0.4, -0.2) is 12.9 Å². The fraction of sp³-hybridized carbons (Fsp3) is 0.133. The summed E-state index contributed by atoms with van der Waals surface area (Å²) in [5.41, 5.74) is 0.937. The summed E-state index contributed by atoms with van der Waals surface area (Å²) in [6, 6.07) is 11.5. The van der Waals surface area contributed by atoms with Crippen molar-refractivity contribution in [1.82, 2.24) is 0 Å². The summed E-state index contributed by atoms with van der Waals surface area (Å²) in [4.78, 5) is 12.0. The zero-order chi connectivity index (χ0) is 13.8. The molecule has 0 radical (unpaired) electrons. The number of Topliss-reactive ketones (excluding diaryl/α,β-unsaturated/α-hetero) is 1. The maximum absolute atomic E-state index is 13.6. The van der Waals surface area contributed by atoms with Gasteiger partial charge in [-0.3, -0.25) is 4.79 Å². The van der Waals surface area contributed by atoms with Gasteiger partial charge >= 0.3 is 0 Å². The van der Waals surface area contributed by atoms with Crippen molar-refractivity contribution in [3.8, 4) is 5.75 Å². The van der Waals surface area contributed by atoms with E-state index < -0.39 is 0 Å². The minimum absolute atomic E-state index is 0.0471. The summed E-state index contributed by atoms with van der Waals surface area (Å²) >= 11 is 3.18. The molecule has 0 saturated heterocycles. The van der Waals surface area contributed by atoms with Gasteiger partial charge in [-0.15, -0.1) is 0 Å². The molecule has 2 nitrogen and oxygen atoms in total. The predicted molar refractivity (Wildman–Crippen MR) is 75.1 cm³/mol. The molecule has 19 heavy (non-hydrogen) atoms. The van der Waals surface area contributed by atoms with Gasteiger partial charge in [0.1, 0.15) is 11.6 Å². The standard InChI is InChI=1S/C15H12BrFO2/c1-19-13-6-3-10(4-7-13)15(18)8-11-2-5-12(16)9-14(11)17/h2-7,9H,8H2,1H3. The third-order valence-electron chi connectivity index (χ3n) is 2.78. The Morgan fingerprint density at radius 3 is 2.47 bits per heavy atom. The summed E-state index contributed by atoms with van der Waals surface area (Å²) in [6.07, 6.45) is 0.0471. The minimum atomic E-state index is -0.378. The van der Waals surface area contributed by atoms with E-state index in [1.165, 1.54) is 6.07 Å². The van der Waals surface area contributed by atoms with Gasteiger partial charge in [-0.1, -0.05) is 22.0 Å². The average Bonchev–Trinajstić information content (AvgIpc) is 2.42. The van der Waals surface area contributed by atoms with E-state index in [0.717, 1.165) is 0 Å². The molecule has 0 heterocycles.